The molecule has 0 spiro atoms. The van der Waals surface area contributed by atoms with Crippen LogP contribution in [-0.2, 0) is 7.05 Å². The van der Waals surface area contributed by atoms with Gasteiger partial charge in [-0.2, -0.15) is 0 Å². The molecule has 1 rings (SSSR count). The summed E-state index contributed by atoms with van der Waals surface area (Å²) >= 11 is 5.81. The summed E-state index contributed by atoms with van der Waals surface area (Å²) in [6.07, 6.45) is 1.67. The van der Waals surface area contributed by atoms with Crippen LogP contribution in [0.1, 0.15) is 24.3 Å². The normalized spacial score (nSPS) is 11.6. The number of carbonyl (C=O) groups is 1. The number of aryl methyl sites for hydroxylation is 1. The lowest BCUT2D eigenvalue weighted by atomic mass is 10.1. The maximum absolute atomic E-state index is 12.0. The first kappa shape index (κ1) is 13.1. The fourth-order valence-electron chi connectivity index (χ4n) is 1.58. The molecule has 1 aromatic heterocycles. The second-order valence-corrected chi connectivity index (χ2v) is 5.06. The number of amides is 1. The molecule has 0 unspecified atom stereocenters. The highest BCUT2D eigenvalue weighted by Crippen LogP contribution is 2.15. The zero-order chi connectivity index (χ0) is 12.5. The maximum Gasteiger partial charge on any atom is 0.270 e. The number of hydrogen-bond acceptors (Lipinski definition) is 2. The van der Waals surface area contributed by atoms with Gasteiger partial charge in [-0.3, -0.25) is 4.79 Å². The summed E-state index contributed by atoms with van der Waals surface area (Å²) in [4.78, 5) is 13.5. The molecule has 0 bridgehead atoms. The molecule has 1 heterocycles. The fourth-order valence-corrected chi connectivity index (χ4v) is 1.83. The van der Waals surface area contributed by atoms with Crippen molar-refractivity contribution in [2.24, 2.45) is 7.05 Å². The highest BCUT2D eigenvalue weighted by atomic mass is 35.5. The van der Waals surface area contributed by atoms with Gasteiger partial charge < -0.3 is 14.6 Å². The van der Waals surface area contributed by atoms with E-state index in [-0.39, 0.29) is 12.5 Å². The average molecular weight is 245 g/mol. The summed E-state index contributed by atoms with van der Waals surface area (Å²) in [7, 11) is 3.41. The Morgan fingerprint density at radius 2 is 2.19 bits per heavy atom. The quantitative estimate of drug-likeness (QED) is 0.876. The number of aliphatic hydroxyl groups is 1. The van der Waals surface area contributed by atoms with E-state index < -0.39 is 5.60 Å². The highest BCUT2D eigenvalue weighted by Gasteiger charge is 2.22. The van der Waals surface area contributed by atoms with Crippen LogP contribution in [0.5, 0.6) is 0 Å². The van der Waals surface area contributed by atoms with Crippen molar-refractivity contribution in [1.29, 1.82) is 0 Å². The molecule has 0 saturated heterocycles. The molecule has 4 nitrogen and oxygen atoms in total. The first-order valence-electron chi connectivity index (χ1n) is 5.00. The minimum absolute atomic E-state index is 0.156. The summed E-state index contributed by atoms with van der Waals surface area (Å²) < 4.78 is 1.67. The minimum atomic E-state index is -0.903. The minimum Gasteiger partial charge on any atom is -0.389 e. The standard InChI is InChI=1S/C11H17ClN2O2/c1-11(2,16)7-14(4)10(15)9-5-8(12)6-13(9)3/h5-6,16H,7H2,1-4H3. The monoisotopic (exact) mass is 244 g/mol. The van der Waals surface area contributed by atoms with Crippen LogP contribution < -0.4 is 0 Å². The average Bonchev–Trinajstić information content (AvgIpc) is 2.41. The molecule has 5 heteroatoms. The molecule has 0 atom stereocenters. The first-order chi connectivity index (χ1) is 7.20. The van der Waals surface area contributed by atoms with E-state index in [0.717, 1.165) is 0 Å². The Morgan fingerprint density at radius 3 is 2.56 bits per heavy atom. The van der Waals surface area contributed by atoms with Gasteiger partial charge >= 0.3 is 0 Å². The Hall–Kier alpha value is -1.00. The number of carbonyl (C=O) groups excluding carboxylic acids is 1. The predicted octanol–water partition coefficient (Wildman–Crippen LogP) is 1.52. The van der Waals surface area contributed by atoms with Gasteiger partial charge in [0.2, 0.25) is 0 Å². The van der Waals surface area contributed by atoms with Crippen LogP contribution in [-0.4, -0.2) is 39.7 Å². The van der Waals surface area contributed by atoms with Crippen molar-refractivity contribution in [2.45, 2.75) is 19.4 Å². The third-order valence-electron chi connectivity index (χ3n) is 2.16. The van der Waals surface area contributed by atoms with Gasteiger partial charge in [-0.05, 0) is 19.9 Å². The second kappa shape index (κ2) is 4.47. The Morgan fingerprint density at radius 1 is 1.62 bits per heavy atom. The third kappa shape index (κ3) is 3.25. The molecule has 0 aliphatic rings. The number of halogens is 1. The van der Waals surface area contributed by atoms with Crippen LogP contribution in [0.15, 0.2) is 12.3 Å². The van der Waals surface area contributed by atoms with Gasteiger partial charge in [0.15, 0.2) is 0 Å². The molecule has 0 radical (unpaired) electrons. The smallest absolute Gasteiger partial charge is 0.270 e. The number of aromatic nitrogens is 1. The van der Waals surface area contributed by atoms with E-state index in [4.69, 9.17) is 11.6 Å². The van der Waals surface area contributed by atoms with Gasteiger partial charge in [0.05, 0.1) is 10.6 Å². The topological polar surface area (TPSA) is 45.5 Å². The van der Waals surface area contributed by atoms with Crippen molar-refractivity contribution in [1.82, 2.24) is 9.47 Å². The summed E-state index contributed by atoms with van der Waals surface area (Å²) in [5.41, 5.74) is -0.393. The SMILES string of the molecule is CN(CC(C)(C)O)C(=O)c1cc(Cl)cn1C. The Balaban J connectivity index is 2.82. The van der Waals surface area contributed by atoms with E-state index in [1.807, 2.05) is 0 Å². The molecule has 0 saturated carbocycles. The van der Waals surface area contributed by atoms with Crippen LogP contribution in [0.25, 0.3) is 0 Å². The second-order valence-electron chi connectivity index (χ2n) is 4.63. The van der Waals surface area contributed by atoms with E-state index in [2.05, 4.69) is 0 Å². The molecule has 1 aromatic rings. The lowest BCUT2D eigenvalue weighted by Crippen LogP contribution is -2.40. The van der Waals surface area contributed by atoms with Gasteiger partial charge in [0, 0.05) is 26.8 Å². The first-order valence-corrected chi connectivity index (χ1v) is 5.38. The van der Waals surface area contributed by atoms with Crippen LogP contribution in [0.2, 0.25) is 5.02 Å². The Kier molecular flexibility index (Phi) is 3.65. The number of hydrogen-bond donors (Lipinski definition) is 1. The van der Waals surface area contributed by atoms with E-state index in [9.17, 15) is 9.90 Å². The predicted molar refractivity (Wildman–Crippen MR) is 63.7 cm³/mol. The van der Waals surface area contributed by atoms with Gasteiger partial charge in [-0.25, -0.2) is 0 Å². The lowest BCUT2D eigenvalue weighted by Gasteiger charge is -2.25. The van der Waals surface area contributed by atoms with Crippen molar-refractivity contribution in [3.05, 3.63) is 23.0 Å². The molecule has 16 heavy (non-hydrogen) atoms. The summed E-state index contributed by atoms with van der Waals surface area (Å²) in [5, 5.41) is 10.2. The largest absolute Gasteiger partial charge is 0.389 e. The zero-order valence-electron chi connectivity index (χ0n) is 9.99. The van der Waals surface area contributed by atoms with Gasteiger partial charge in [0.25, 0.3) is 5.91 Å². The van der Waals surface area contributed by atoms with Crippen LogP contribution >= 0.6 is 11.6 Å². The molecular formula is C11H17ClN2O2. The van der Waals surface area contributed by atoms with E-state index in [1.54, 1.807) is 44.8 Å². The molecule has 1 amide bonds. The summed E-state index contributed by atoms with van der Waals surface area (Å²) in [6, 6.07) is 1.62. The van der Waals surface area contributed by atoms with Gasteiger partial charge in [-0.1, -0.05) is 11.6 Å². The van der Waals surface area contributed by atoms with E-state index in [0.29, 0.717) is 10.7 Å². The van der Waals surface area contributed by atoms with E-state index >= 15 is 0 Å². The summed E-state index contributed by atoms with van der Waals surface area (Å²) in [6.45, 7) is 3.60. The zero-order valence-corrected chi connectivity index (χ0v) is 10.7. The van der Waals surface area contributed by atoms with Crippen molar-refractivity contribution < 1.29 is 9.90 Å². The van der Waals surface area contributed by atoms with Crippen LogP contribution in [0, 0.1) is 0 Å². The highest BCUT2D eigenvalue weighted by molar-refractivity contribution is 6.31. The number of likely N-dealkylation sites (N-methyl/N-ethyl adjacent to an activating group) is 1. The molecular weight excluding hydrogens is 228 g/mol. The Labute approximate surface area is 100 Å². The van der Waals surface area contributed by atoms with Crippen LogP contribution in [0.4, 0.5) is 0 Å². The summed E-state index contributed by atoms with van der Waals surface area (Å²) in [5.74, 6) is -0.156. The van der Waals surface area contributed by atoms with Crippen molar-refractivity contribution in [3.63, 3.8) is 0 Å². The van der Waals surface area contributed by atoms with Crippen molar-refractivity contribution in [3.8, 4) is 0 Å². The Bertz CT molecular complexity index is 393. The fraction of sp³-hybridized carbons (Fsp3) is 0.545. The van der Waals surface area contributed by atoms with Gasteiger partial charge in [0.1, 0.15) is 5.69 Å². The molecule has 90 valence electrons. The molecule has 0 aliphatic heterocycles. The molecule has 0 fully saturated rings. The molecule has 1 N–H and O–H groups in total. The van der Waals surface area contributed by atoms with Gasteiger partial charge in [-0.15, -0.1) is 0 Å². The van der Waals surface area contributed by atoms with Crippen molar-refractivity contribution >= 4 is 17.5 Å². The van der Waals surface area contributed by atoms with E-state index in [1.165, 1.54) is 4.90 Å². The number of nitrogens with zero attached hydrogens (tertiary/aromatic N) is 2. The third-order valence-corrected chi connectivity index (χ3v) is 2.37. The lowest BCUT2D eigenvalue weighted by molar-refractivity contribution is 0.0363. The molecule has 0 aliphatic carbocycles. The van der Waals surface area contributed by atoms with Crippen molar-refractivity contribution in [2.75, 3.05) is 13.6 Å². The number of rotatable bonds is 3. The molecule has 0 aromatic carbocycles. The van der Waals surface area contributed by atoms with Crippen LogP contribution in [0.3, 0.4) is 0 Å². The maximum atomic E-state index is 12.0.